The standard InChI is InChI=1S/C11H20N2O3/c1-2-12-7-10(14)13-9-5-3-8(4-6-9)11(15)16/h8-9,12H,2-7H2,1H3,(H,13,14)(H,15,16). The highest BCUT2D eigenvalue weighted by Crippen LogP contribution is 2.24. The molecule has 1 aliphatic rings. The second kappa shape index (κ2) is 6.48. The van der Waals surface area contributed by atoms with Gasteiger partial charge in [0.25, 0.3) is 0 Å². The first-order valence-corrected chi connectivity index (χ1v) is 5.86. The minimum absolute atomic E-state index is 0.000579. The van der Waals surface area contributed by atoms with Gasteiger partial charge in [-0.25, -0.2) is 0 Å². The Morgan fingerprint density at radius 3 is 2.38 bits per heavy atom. The first-order chi connectivity index (χ1) is 7.63. The lowest BCUT2D eigenvalue weighted by Crippen LogP contribution is -2.42. The summed E-state index contributed by atoms with van der Waals surface area (Å²) >= 11 is 0. The van der Waals surface area contributed by atoms with Crippen molar-refractivity contribution in [1.82, 2.24) is 10.6 Å². The number of likely N-dealkylation sites (N-methyl/N-ethyl adjacent to an activating group) is 1. The maximum Gasteiger partial charge on any atom is 0.306 e. The molecule has 1 aliphatic carbocycles. The SMILES string of the molecule is CCNCC(=O)NC1CCC(C(=O)O)CC1. The van der Waals surface area contributed by atoms with Crippen molar-refractivity contribution in [3.8, 4) is 0 Å². The van der Waals surface area contributed by atoms with Crippen LogP contribution in [0.25, 0.3) is 0 Å². The fourth-order valence-electron chi connectivity index (χ4n) is 2.00. The summed E-state index contributed by atoms with van der Waals surface area (Å²) in [6.07, 6.45) is 2.88. The summed E-state index contributed by atoms with van der Waals surface area (Å²) in [6.45, 7) is 3.07. The van der Waals surface area contributed by atoms with Crippen LogP contribution in [0.2, 0.25) is 0 Å². The molecule has 0 aromatic rings. The minimum Gasteiger partial charge on any atom is -0.481 e. The third-order valence-corrected chi connectivity index (χ3v) is 2.98. The van der Waals surface area contributed by atoms with Gasteiger partial charge >= 0.3 is 5.97 Å². The van der Waals surface area contributed by atoms with E-state index in [4.69, 9.17) is 5.11 Å². The normalized spacial score (nSPS) is 25.1. The third kappa shape index (κ3) is 4.18. The molecule has 0 atom stereocenters. The largest absolute Gasteiger partial charge is 0.481 e. The molecular formula is C11H20N2O3. The monoisotopic (exact) mass is 228 g/mol. The quantitative estimate of drug-likeness (QED) is 0.634. The zero-order valence-corrected chi connectivity index (χ0v) is 9.66. The number of carboxylic acid groups (broad SMARTS) is 1. The van der Waals surface area contributed by atoms with Gasteiger partial charge in [0.1, 0.15) is 0 Å². The van der Waals surface area contributed by atoms with E-state index in [1.165, 1.54) is 0 Å². The molecule has 1 rings (SSSR count). The van der Waals surface area contributed by atoms with Crippen LogP contribution in [0.15, 0.2) is 0 Å². The van der Waals surface area contributed by atoms with Crippen LogP contribution in [0.1, 0.15) is 32.6 Å². The third-order valence-electron chi connectivity index (χ3n) is 2.98. The van der Waals surface area contributed by atoms with Crippen LogP contribution in [-0.2, 0) is 9.59 Å². The molecule has 1 amide bonds. The highest BCUT2D eigenvalue weighted by molar-refractivity contribution is 5.78. The van der Waals surface area contributed by atoms with E-state index in [9.17, 15) is 9.59 Å². The van der Waals surface area contributed by atoms with Gasteiger partial charge in [-0.2, -0.15) is 0 Å². The van der Waals surface area contributed by atoms with Gasteiger partial charge in [-0.15, -0.1) is 0 Å². The number of rotatable bonds is 5. The molecule has 92 valence electrons. The Bertz CT molecular complexity index is 248. The van der Waals surface area contributed by atoms with Crippen LogP contribution in [-0.4, -0.2) is 36.1 Å². The van der Waals surface area contributed by atoms with Gasteiger partial charge in [0.05, 0.1) is 12.5 Å². The molecule has 3 N–H and O–H groups in total. The molecule has 0 heterocycles. The Morgan fingerprint density at radius 2 is 1.88 bits per heavy atom. The van der Waals surface area contributed by atoms with E-state index in [0.717, 1.165) is 19.4 Å². The molecule has 0 spiro atoms. The fraction of sp³-hybridized carbons (Fsp3) is 0.818. The summed E-state index contributed by atoms with van der Waals surface area (Å²) in [7, 11) is 0. The summed E-state index contributed by atoms with van der Waals surface area (Å²) in [6, 6.07) is 0.154. The Labute approximate surface area is 95.6 Å². The summed E-state index contributed by atoms with van der Waals surface area (Å²) in [5.74, 6) is -0.931. The van der Waals surface area contributed by atoms with E-state index in [1.54, 1.807) is 0 Å². The number of aliphatic carboxylic acids is 1. The second-order valence-electron chi connectivity index (χ2n) is 4.23. The molecule has 5 heteroatoms. The highest BCUT2D eigenvalue weighted by atomic mass is 16.4. The summed E-state index contributed by atoms with van der Waals surface area (Å²) in [5, 5.41) is 14.7. The Morgan fingerprint density at radius 1 is 1.25 bits per heavy atom. The van der Waals surface area contributed by atoms with Crippen molar-refractivity contribution >= 4 is 11.9 Å². The molecule has 0 saturated heterocycles. The number of carbonyl (C=O) groups is 2. The average Bonchev–Trinajstić information content (AvgIpc) is 2.27. The van der Waals surface area contributed by atoms with Crippen molar-refractivity contribution in [1.29, 1.82) is 0 Å². The van der Waals surface area contributed by atoms with Crippen molar-refractivity contribution in [3.05, 3.63) is 0 Å². The van der Waals surface area contributed by atoms with Crippen LogP contribution in [0, 0.1) is 5.92 Å². The van der Waals surface area contributed by atoms with E-state index < -0.39 is 5.97 Å². The molecular weight excluding hydrogens is 208 g/mol. The smallest absolute Gasteiger partial charge is 0.306 e. The summed E-state index contributed by atoms with van der Waals surface area (Å²) in [5.41, 5.74) is 0. The van der Waals surface area contributed by atoms with Crippen LogP contribution in [0.5, 0.6) is 0 Å². The molecule has 5 nitrogen and oxygen atoms in total. The molecule has 0 aliphatic heterocycles. The fourth-order valence-corrected chi connectivity index (χ4v) is 2.00. The van der Waals surface area contributed by atoms with Crippen LogP contribution in [0.4, 0.5) is 0 Å². The first-order valence-electron chi connectivity index (χ1n) is 5.86. The highest BCUT2D eigenvalue weighted by Gasteiger charge is 2.26. The van der Waals surface area contributed by atoms with E-state index in [2.05, 4.69) is 10.6 Å². The van der Waals surface area contributed by atoms with Gasteiger partial charge in [0.2, 0.25) is 5.91 Å². The van der Waals surface area contributed by atoms with Crippen molar-refractivity contribution in [2.24, 2.45) is 5.92 Å². The molecule has 0 aromatic carbocycles. The lowest BCUT2D eigenvalue weighted by atomic mass is 9.86. The molecule has 0 bridgehead atoms. The Kier molecular flexibility index (Phi) is 5.25. The number of carbonyl (C=O) groups excluding carboxylic acids is 1. The Balaban J connectivity index is 2.21. The van der Waals surface area contributed by atoms with Gasteiger partial charge in [-0.1, -0.05) is 6.92 Å². The molecule has 0 aromatic heterocycles. The lowest BCUT2D eigenvalue weighted by molar-refractivity contribution is -0.142. The van der Waals surface area contributed by atoms with Crippen molar-refractivity contribution in [2.75, 3.05) is 13.1 Å². The van der Waals surface area contributed by atoms with Gasteiger partial charge in [-0.05, 0) is 32.2 Å². The van der Waals surface area contributed by atoms with E-state index in [0.29, 0.717) is 19.4 Å². The topological polar surface area (TPSA) is 78.4 Å². The maximum atomic E-state index is 11.4. The van der Waals surface area contributed by atoms with Gasteiger partial charge in [0.15, 0.2) is 0 Å². The predicted octanol–water partition coefficient (Wildman–Crippen LogP) is 0.355. The summed E-state index contributed by atoms with van der Waals surface area (Å²) in [4.78, 5) is 22.1. The molecule has 16 heavy (non-hydrogen) atoms. The van der Waals surface area contributed by atoms with Crippen molar-refractivity contribution in [3.63, 3.8) is 0 Å². The van der Waals surface area contributed by atoms with Gasteiger partial charge < -0.3 is 15.7 Å². The van der Waals surface area contributed by atoms with Gasteiger partial charge in [-0.3, -0.25) is 9.59 Å². The predicted molar refractivity (Wildman–Crippen MR) is 60.1 cm³/mol. The van der Waals surface area contributed by atoms with Crippen molar-refractivity contribution in [2.45, 2.75) is 38.6 Å². The van der Waals surface area contributed by atoms with Gasteiger partial charge in [0, 0.05) is 6.04 Å². The average molecular weight is 228 g/mol. The number of nitrogens with one attached hydrogen (secondary N) is 2. The molecule has 0 unspecified atom stereocenters. The number of carboxylic acids is 1. The number of hydrogen-bond donors (Lipinski definition) is 3. The maximum absolute atomic E-state index is 11.4. The number of hydrogen-bond acceptors (Lipinski definition) is 3. The zero-order chi connectivity index (χ0) is 12.0. The second-order valence-corrected chi connectivity index (χ2v) is 4.23. The molecule has 1 saturated carbocycles. The molecule has 0 radical (unpaired) electrons. The zero-order valence-electron chi connectivity index (χ0n) is 9.66. The Hall–Kier alpha value is -1.10. The van der Waals surface area contributed by atoms with E-state index >= 15 is 0 Å². The number of amides is 1. The summed E-state index contributed by atoms with van der Waals surface area (Å²) < 4.78 is 0. The lowest BCUT2D eigenvalue weighted by Gasteiger charge is -2.26. The molecule has 1 fully saturated rings. The van der Waals surface area contributed by atoms with Crippen LogP contribution >= 0.6 is 0 Å². The van der Waals surface area contributed by atoms with E-state index in [1.807, 2.05) is 6.92 Å². The first kappa shape index (κ1) is 13.0. The van der Waals surface area contributed by atoms with Crippen LogP contribution in [0.3, 0.4) is 0 Å². The minimum atomic E-state index is -0.711. The van der Waals surface area contributed by atoms with Crippen LogP contribution < -0.4 is 10.6 Å². The van der Waals surface area contributed by atoms with E-state index in [-0.39, 0.29) is 17.9 Å². The van der Waals surface area contributed by atoms with Crippen molar-refractivity contribution < 1.29 is 14.7 Å².